The maximum Gasteiger partial charge on any atom is 0.323 e. The summed E-state index contributed by atoms with van der Waals surface area (Å²) in [5.41, 5.74) is 0.764. The summed E-state index contributed by atoms with van der Waals surface area (Å²) < 4.78 is 0. The van der Waals surface area contributed by atoms with Crippen molar-refractivity contribution in [3.63, 3.8) is 0 Å². The first-order valence-corrected chi connectivity index (χ1v) is 7.34. The Kier molecular flexibility index (Phi) is 5.94. The van der Waals surface area contributed by atoms with Crippen LogP contribution in [0, 0.1) is 0 Å². The molecule has 1 rings (SSSR count). The molecule has 0 saturated carbocycles. The Balaban J connectivity index is 2.87. The van der Waals surface area contributed by atoms with Crippen LogP contribution in [-0.2, 0) is 15.0 Å². The van der Waals surface area contributed by atoms with Crippen LogP contribution in [0.5, 0.6) is 0 Å². The monoisotopic (exact) mass is 291 g/mol. The van der Waals surface area contributed by atoms with Crippen LogP contribution in [0.3, 0.4) is 0 Å². The van der Waals surface area contributed by atoms with Gasteiger partial charge in [-0.3, -0.25) is 9.59 Å². The molecule has 0 saturated heterocycles. The largest absolute Gasteiger partial charge is 0.480 e. The van der Waals surface area contributed by atoms with Crippen molar-refractivity contribution in [2.45, 2.75) is 52.0 Å². The van der Waals surface area contributed by atoms with Crippen LogP contribution < -0.4 is 0 Å². The van der Waals surface area contributed by atoms with Crippen molar-refractivity contribution in [1.29, 1.82) is 0 Å². The third-order valence-corrected chi connectivity index (χ3v) is 3.90. The van der Waals surface area contributed by atoms with Gasteiger partial charge in [-0.25, -0.2) is 0 Å². The highest BCUT2D eigenvalue weighted by Gasteiger charge is 2.29. The van der Waals surface area contributed by atoms with Crippen molar-refractivity contribution in [2.24, 2.45) is 0 Å². The minimum absolute atomic E-state index is 0.0693. The van der Waals surface area contributed by atoms with Crippen LogP contribution in [0.4, 0.5) is 0 Å². The molecule has 0 bridgehead atoms. The Bertz CT molecular complexity index is 482. The van der Waals surface area contributed by atoms with Gasteiger partial charge in [0, 0.05) is 12.5 Å². The summed E-state index contributed by atoms with van der Waals surface area (Å²) in [6.45, 7) is 7.62. The predicted molar refractivity (Wildman–Crippen MR) is 83.2 cm³/mol. The molecule has 1 unspecified atom stereocenters. The van der Waals surface area contributed by atoms with Gasteiger partial charge in [-0.2, -0.15) is 0 Å². The van der Waals surface area contributed by atoms with E-state index in [0.717, 1.165) is 12.0 Å². The first-order chi connectivity index (χ1) is 9.77. The maximum absolute atomic E-state index is 12.5. The first-order valence-electron chi connectivity index (χ1n) is 7.34. The van der Waals surface area contributed by atoms with Crippen LogP contribution >= 0.6 is 0 Å². The van der Waals surface area contributed by atoms with E-state index in [4.69, 9.17) is 5.11 Å². The molecule has 0 radical (unpaired) electrons. The minimum atomic E-state index is -0.971. The molecule has 1 N–H and O–H groups in total. The number of rotatable bonds is 7. The van der Waals surface area contributed by atoms with E-state index in [0.29, 0.717) is 6.42 Å². The average Bonchev–Trinajstić information content (AvgIpc) is 2.44. The van der Waals surface area contributed by atoms with E-state index in [9.17, 15) is 9.59 Å². The predicted octanol–water partition coefficient (Wildman–Crippen LogP) is 3.07. The fourth-order valence-electron chi connectivity index (χ4n) is 2.33. The normalized spacial score (nSPS) is 12.8. The molecule has 1 aromatic rings. The number of carboxylic acids is 1. The second-order valence-corrected chi connectivity index (χ2v) is 6.10. The summed E-state index contributed by atoms with van der Waals surface area (Å²) in [6.07, 6.45) is 1.04. The van der Waals surface area contributed by atoms with Crippen molar-refractivity contribution < 1.29 is 14.7 Å². The number of nitrogens with zero attached hydrogens (tertiary/aromatic N) is 1. The molecule has 1 aromatic carbocycles. The van der Waals surface area contributed by atoms with Gasteiger partial charge in [0.25, 0.3) is 0 Å². The molecule has 4 nitrogen and oxygen atoms in total. The second kappa shape index (κ2) is 7.25. The third kappa shape index (κ3) is 4.88. The lowest BCUT2D eigenvalue weighted by atomic mass is 9.81. The van der Waals surface area contributed by atoms with Crippen LogP contribution in [0.25, 0.3) is 0 Å². The zero-order valence-electron chi connectivity index (χ0n) is 13.3. The summed E-state index contributed by atoms with van der Waals surface area (Å²) in [6, 6.07) is 9.77. The van der Waals surface area contributed by atoms with E-state index < -0.39 is 5.97 Å². The Hall–Kier alpha value is -1.84. The lowest BCUT2D eigenvalue weighted by Crippen LogP contribution is -2.43. The van der Waals surface area contributed by atoms with Crippen molar-refractivity contribution in [3.8, 4) is 0 Å². The number of amides is 1. The number of aliphatic carboxylic acids is 1. The molecule has 0 aromatic heterocycles. The van der Waals surface area contributed by atoms with Gasteiger partial charge in [0.1, 0.15) is 6.54 Å². The topological polar surface area (TPSA) is 57.6 Å². The lowest BCUT2D eigenvalue weighted by Gasteiger charge is -2.32. The summed E-state index contributed by atoms with van der Waals surface area (Å²) in [5.74, 6) is -1.08. The molecule has 21 heavy (non-hydrogen) atoms. The Morgan fingerprint density at radius 2 is 1.81 bits per heavy atom. The highest BCUT2D eigenvalue weighted by Crippen LogP contribution is 2.28. The quantitative estimate of drug-likeness (QED) is 0.840. The van der Waals surface area contributed by atoms with Gasteiger partial charge < -0.3 is 10.0 Å². The van der Waals surface area contributed by atoms with E-state index >= 15 is 0 Å². The molecule has 1 amide bonds. The highest BCUT2D eigenvalue weighted by molar-refractivity contribution is 5.82. The first kappa shape index (κ1) is 17.2. The molecular weight excluding hydrogens is 266 g/mol. The fraction of sp³-hybridized carbons (Fsp3) is 0.529. The van der Waals surface area contributed by atoms with E-state index in [1.165, 1.54) is 4.90 Å². The van der Waals surface area contributed by atoms with Crippen LogP contribution in [0.1, 0.15) is 46.1 Å². The summed E-state index contributed by atoms with van der Waals surface area (Å²) in [7, 11) is 0. The van der Waals surface area contributed by atoms with E-state index in [-0.39, 0.29) is 23.9 Å². The molecule has 0 aliphatic rings. The number of carbonyl (C=O) groups is 2. The van der Waals surface area contributed by atoms with E-state index in [1.807, 2.05) is 58.0 Å². The number of carboxylic acid groups (broad SMARTS) is 1. The van der Waals surface area contributed by atoms with Gasteiger partial charge in [-0.15, -0.1) is 0 Å². The van der Waals surface area contributed by atoms with Gasteiger partial charge in [-0.05, 0) is 24.3 Å². The van der Waals surface area contributed by atoms with Crippen molar-refractivity contribution >= 4 is 11.9 Å². The standard InChI is InChI=1S/C17H25NO3/c1-5-13(2)18(12-16(20)21)15(19)11-17(3,4)14-9-7-6-8-10-14/h6-10,13H,5,11-12H2,1-4H3,(H,20,21). The summed E-state index contributed by atoms with van der Waals surface area (Å²) >= 11 is 0. The third-order valence-electron chi connectivity index (χ3n) is 3.90. The zero-order valence-corrected chi connectivity index (χ0v) is 13.3. The SMILES string of the molecule is CCC(C)N(CC(=O)O)C(=O)CC(C)(C)c1ccccc1. The fourth-order valence-corrected chi connectivity index (χ4v) is 2.33. The smallest absolute Gasteiger partial charge is 0.323 e. The number of benzene rings is 1. The molecule has 0 aliphatic carbocycles. The maximum atomic E-state index is 12.5. The molecule has 0 heterocycles. The van der Waals surface area contributed by atoms with Crippen LogP contribution in [0.15, 0.2) is 30.3 Å². The van der Waals surface area contributed by atoms with Gasteiger partial charge in [0.15, 0.2) is 0 Å². The Labute approximate surface area is 126 Å². The average molecular weight is 291 g/mol. The van der Waals surface area contributed by atoms with Crippen molar-refractivity contribution in [2.75, 3.05) is 6.54 Å². The Morgan fingerprint density at radius 1 is 1.24 bits per heavy atom. The van der Waals surface area contributed by atoms with Gasteiger partial charge >= 0.3 is 5.97 Å². The minimum Gasteiger partial charge on any atom is -0.480 e. The molecular formula is C17H25NO3. The van der Waals surface area contributed by atoms with Crippen molar-refractivity contribution in [1.82, 2.24) is 4.90 Å². The van der Waals surface area contributed by atoms with Gasteiger partial charge in [0.05, 0.1) is 0 Å². The van der Waals surface area contributed by atoms with E-state index in [1.54, 1.807) is 0 Å². The molecule has 0 fully saturated rings. The second-order valence-electron chi connectivity index (χ2n) is 6.10. The molecule has 0 spiro atoms. The van der Waals surface area contributed by atoms with E-state index in [2.05, 4.69) is 0 Å². The summed E-state index contributed by atoms with van der Waals surface area (Å²) in [4.78, 5) is 25.0. The highest BCUT2D eigenvalue weighted by atomic mass is 16.4. The molecule has 1 atom stereocenters. The molecule has 0 aliphatic heterocycles. The van der Waals surface area contributed by atoms with Gasteiger partial charge in [0.2, 0.25) is 5.91 Å². The lowest BCUT2D eigenvalue weighted by molar-refractivity contribution is -0.146. The summed E-state index contributed by atoms with van der Waals surface area (Å²) in [5, 5.41) is 9.00. The molecule has 116 valence electrons. The molecule has 4 heteroatoms. The zero-order chi connectivity index (χ0) is 16.0. The number of carbonyl (C=O) groups excluding carboxylic acids is 1. The van der Waals surface area contributed by atoms with Crippen molar-refractivity contribution in [3.05, 3.63) is 35.9 Å². The number of hydrogen-bond donors (Lipinski definition) is 1. The number of hydrogen-bond acceptors (Lipinski definition) is 2. The van der Waals surface area contributed by atoms with Gasteiger partial charge in [-0.1, -0.05) is 51.1 Å². The van der Waals surface area contributed by atoms with Crippen LogP contribution in [-0.4, -0.2) is 34.5 Å². The van der Waals surface area contributed by atoms with Crippen LogP contribution in [0.2, 0.25) is 0 Å². The Morgan fingerprint density at radius 3 is 2.29 bits per heavy atom.